The first kappa shape index (κ1) is 10.4. The van der Waals surface area contributed by atoms with Gasteiger partial charge in [0.1, 0.15) is 0 Å². The summed E-state index contributed by atoms with van der Waals surface area (Å²) in [6.45, 7) is 2.69. The number of likely N-dealkylation sites (N-methyl/N-ethyl adjacent to an activating group) is 1. The Bertz CT molecular complexity index is 292. The van der Waals surface area contributed by atoms with Crippen LogP contribution in [-0.2, 0) is 6.54 Å². The van der Waals surface area contributed by atoms with Crippen LogP contribution in [0.25, 0.3) is 0 Å². The van der Waals surface area contributed by atoms with Gasteiger partial charge in [-0.25, -0.2) is 0 Å². The Morgan fingerprint density at radius 2 is 2.38 bits per heavy atom. The molecule has 13 heavy (non-hydrogen) atoms. The van der Waals surface area contributed by atoms with E-state index in [-0.39, 0.29) is 4.87 Å². The van der Waals surface area contributed by atoms with Crippen LogP contribution >= 0.6 is 11.3 Å². The van der Waals surface area contributed by atoms with E-state index in [1.807, 2.05) is 19.5 Å². The molecule has 0 aromatic carbocycles. The molecule has 0 amide bonds. The van der Waals surface area contributed by atoms with Crippen molar-refractivity contribution in [3.8, 4) is 0 Å². The Kier molecular flexibility index (Phi) is 4.14. The average Bonchev–Trinajstić information content (AvgIpc) is 2.45. The number of nitrogens with one attached hydrogen (secondary N) is 2. The van der Waals surface area contributed by atoms with Gasteiger partial charge in [-0.3, -0.25) is 4.79 Å². The number of aromatic nitrogens is 1. The van der Waals surface area contributed by atoms with Crippen molar-refractivity contribution in [2.24, 2.45) is 0 Å². The van der Waals surface area contributed by atoms with Gasteiger partial charge in [-0.2, -0.15) is 0 Å². The summed E-state index contributed by atoms with van der Waals surface area (Å²) in [6, 6.07) is 0. The molecule has 0 aliphatic carbocycles. The molecule has 5 heteroatoms. The molecule has 1 aromatic heterocycles. The highest BCUT2D eigenvalue weighted by Crippen LogP contribution is 1.93. The zero-order valence-corrected chi connectivity index (χ0v) is 8.78. The zero-order chi connectivity index (χ0) is 9.68. The molecule has 0 bridgehead atoms. The Morgan fingerprint density at radius 3 is 2.92 bits per heavy atom. The molecule has 0 saturated carbocycles. The predicted molar refractivity (Wildman–Crippen MR) is 55.2 cm³/mol. The van der Waals surface area contributed by atoms with Crippen molar-refractivity contribution in [3.05, 3.63) is 20.7 Å². The molecule has 0 saturated heterocycles. The van der Waals surface area contributed by atoms with Crippen molar-refractivity contribution in [2.75, 3.05) is 27.2 Å². The quantitative estimate of drug-likeness (QED) is 0.664. The van der Waals surface area contributed by atoms with Gasteiger partial charge in [0.2, 0.25) is 0 Å². The summed E-state index contributed by atoms with van der Waals surface area (Å²) in [5, 5.41) is 5.09. The summed E-state index contributed by atoms with van der Waals surface area (Å²) in [5.74, 6) is 0. The van der Waals surface area contributed by atoms with E-state index in [1.165, 1.54) is 11.3 Å². The van der Waals surface area contributed by atoms with E-state index in [0.717, 1.165) is 25.3 Å². The molecule has 0 aliphatic heterocycles. The molecule has 74 valence electrons. The zero-order valence-electron chi connectivity index (χ0n) is 7.96. The second kappa shape index (κ2) is 5.16. The standard InChI is InChI=1S/C8H15N3OS/c1-11(2)4-3-9-5-7-6-13-8(12)10-7/h6,9H,3-5H2,1-2H3,(H,10,12). The molecule has 0 fully saturated rings. The first-order valence-corrected chi connectivity index (χ1v) is 5.08. The van der Waals surface area contributed by atoms with Gasteiger partial charge in [-0.05, 0) is 14.1 Å². The molecule has 0 atom stereocenters. The molecule has 4 nitrogen and oxygen atoms in total. The van der Waals surface area contributed by atoms with Crippen LogP contribution in [0.4, 0.5) is 0 Å². The fourth-order valence-electron chi connectivity index (χ4n) is 0.926. The maximum Gasteiger partial charge on any atom is 0.304 e. The Morgan fingerprint density at radius 1 is 1.62 bits per heavy atom. The number of aromatic amines is 1. The summed E-state index contributed by atoms with van der Waals surface area (Å²) in [5.41, 5.74) is 0.966. The third-order valence-corrected chi connectivity index (χ3v) is 2.34. The van der Waals surface area contributed by atoms with Crippen LogP contribution < -0.4 is 10.2 Å². The highest BCUT2D eigenvalue weighted by molar-refractivity contribution is 7.07. The van der Waals surface area contributed by atoms with Crippen LogP contribution in [0.5, 0.6) is 0 Å². The molecular weight excluding hydrogens is 186 g/mol. The van der Waals surface area contributed by atoms with Crippen molar-refractivity contribution in [3.63, 3.8) is 0 Å². The molecule has 2 N–H and O–H groups in total. The average molecular weight is 201 g/mol. The van der Waals surface area contributed by atoms with Crippen LogP contribution in [-0.4, -0.2) is 37.1 Å². The summed E-state index contributed by atoms with van der Waals surface area (Å²) in [6.07, 6.45) is 0. The largest absolute Gasteiger partial charge is 0.315 e. The molecule has 0 spiro atoms. The Labute approximate surface area is 81.6 Å². The molecule has 0 radical (unpaired) electrons. The van der Waals surface area contributed by atoms with E-state index in [4.69, 9.17) is 0 Å². The fourth-order valence-corrected chi connectivity index (χ4v) is 1.51. The van der Waals surface area contributed by atoms with Gasteiger partial charge in [-0.1, -0.05) is 11.3 Å². The van der Waals surface area contributed by atoms with Crippen LogP contribution in [0.1, 0.15) is 5.69 Å². The molecule has 1 rings (SSSR count). The van der Waals surface area contributed by atoms with Crippen molar-refractivity contribution in [1.29, 1.82) is 0 Å². The van der Waals surface area contributed by atoms with Crippen molar-refractivity contribution < 1.29 is 0 Å². The lowest BCUT2D eigenvalue weighted by molar-refractivity contribution is 0.399. The normalized spacial score (nSPS) is 11.0. The maximum atomic E-state index is 10.8. The summed E-state index contributed by atoms with van der Waals surface area (Å²) in [4.78, 5) is 15.6. The molecular formula is C8H15N3OS. The number of rotatable bonds is 5. The Balaban J connectivity index is 2.17. The lowest BCUT2D eigenvalue weighted by Crippen LogP contribution is -2.26. The fraction of sp³-hybridized carbons (Fsp3) is 0.625. The molecule has 1 aromatic rings. The number of H-pyrrole nitrogens is 1. The minimum absolute atomic E-state index is 0.0180. The van der Waals surface area contributed by atoms with E-state index < -0.39 is 0 Å². The maximum absolute atomic E-state index is 10.8. The second-order valence-corrected chi connectivity index (χ2v) is 4.00. The smallest absolute Gasteiger partial charge is 0.304 e. The Hall–Kier alpha value is -0.650. The minimum Gasteiger partial charge on any atom is -0.315 e. The van der Waals surface area contributed by atoms with Gasteiger partial charge in [0.15, 0.2) is 0 Å². The molecule has 1 heterocycles. The van der Waals surface area contributed by atoms with Crippen molar-refractivity contribution >= 4 is 11.3 Å². The van der Waals surface area contributed by atoms with Gasteiger partial charge < -0.3 is 15.2 Å². The van der Waals surface area contributed by atoms with E-state index >= 15 is 0 Å². The number of nitrogens with zero attached hydrogens (tertiary/aromatic N) is 1. The van der Waals surface area contributed by atoms with E-state index in [0.29, 0.717) is 0 Å². The topological polar surface area (TPSA) is 48.1 Å². The molecule has 0 aliphatic rings. The second-order valence-electron chi connectivity index (χ2n) is 3.15. The van der Waals surface area contributed by atoms with Gasteiger partial charge in [0.25, 0.3) is 0 Å². The van der Waals surface area contributed by atoms with Gasteiger partial charge >= 0.3 is 4.87 Å². The third-order valence-electron chi connectivity index (χ3n) is 1.62. The van der Waals surface area contributed by atoms with Crippen LogP contribution in [0.15, 0.2) is 10.2 Å². The van der Waals surface area contributed by atoms with Crippen LogP contribution in [0.3, 0.4) is 0 Å². The number of hydrogen-bond donors (Lipinski definition) is 2. The van der Waals surface area contributed by atoms with E-state index in [9.17, 15) is 4.79 Å². The van der Waals surface area contributed by atoms with Gasteiger partial charge in [0.05, 0.1) is 0 Å². The van der Waals surface area contributed by atoms with E-state index in [2.05, 4.69) is 15.2 Å². The van der Waals surface area contributed by atoms with Gasteiger partial charge in [-0.15, -0.1) is 0 Å². The highest BCUT2D eigenvalue weighted by Gasteiger charge is 1.95. The summed E-state index contributed by atoms with van der Waals surface area (Å²) >= 11 is 1.21. The van der Waals surface area contributed by atoms with Crippen molar-refractivity contribution in [2.45, 2.75) is 6.54 Å². The number of hydrogen-bond acceptors (Lipinski definition) is 4. The number of thiazole rings is 1. The monoisotopic (exact) mass is 201 g/mol. The molecule has 0 unspecified atom stereocenters. The minimum atomic E-state index is 0.0180. The lowest BCUT2D eigenvalue weighted by Gasteiger charge is -2.09. The first-order chi connectivity index (χ1) is 6.18. The van der Waals surface area contributed by atoms with Gasteiger partial charge in [0, 0.05) is 30.7 Å². The predicted octanol–water partition coefficient (Wildman–Crippen LogP) is 0.0876. The SMILES string of the molecule is CN(C)CCNCc1csc(=O)[nH]1. The van der Waals surface area contributed by atoms with E-state index in [1.54, 1.807) is 0 Å². The van der Waals surface area contributed by atoms with Crippen molar-refractivity contribution in [1.82, 2.24) is 15.2 Å². The first-order valence-electron chi connectivity index (χ1n) is 4.20. The third kappa shape index (κ3) is 4.21. The summed E-state index contributed by atoms with van der Waals surface area (Å²) < 4.78 is 0. The lowest BCUT2D eigenvalue weighted by atomic mass is 10.4. The van der Waals surface area contributed by atoms with Crippen LogP contribution in [0, 0.1) is 0 Å². The highest BCUT2D eigenvalue weighted by atomic mass is 32.1. The van der Waals surface area contributed by atoms with Crippen LogP contribution in [0.2, 0.25) is 0 Å². The summed E-state index contributed by atoms with van der Waals surface area (Å²) in [7, 11) is 4.07.